The van der Waals surface area contributed by atoms with Crippen molar-refractivity contribution in [1.82, 2.24) is 15.5 Å². The molecule has 2 aliphatic heterocycles. The van der Waals surface area contributed by atoms with Crippen molar-refractivity contribution in [3.63, 3.8) is 0 Å². The van der Waals surface area contributed by atoms with Gasteiger partial charge in [-0.25, -0.2) is 4.79 Å². The van der Waals surface area contributed by atoms with Gasteiger partial charge >= 0.3 is 6.03 Å². The van der Waals surface area contributed by atoms with E-state index in [0.717, 1.165) is 30.6 Å². The van der Waals surface area contributed by atoms with E-state index in [4.69, 9.17) is 4.74 Å². The van der Waals surface area contributed by atoms with Crippen molar-refractivity contribution in [3.8, 4) is 11.8 Å². The molecule has 0 radical (unpaired) electrons. The fraction of sp³-hybridized carbons (Fsp3) is 0.524. The molecule has 2 fully saturated rings. The lowest BCUT2D eigenvalue weighted by atomic mass is 9.84. The third-order valence-electron chi connectivity index (χ3n) is 6.11. The van der Waals surface area contributed by atoms with E-state index < -0.39 is 35.5 Å². The van der Waals surface area contributed by atoms with Crippen molar-refractivity contribution >= 4 is 17.8 Å². The Balaban J connectivity index is 1.52. The molecule has 1 atom stereocenters. The van der Waals surface area contributed by atoms with Crippen LogP contribution in [0.15, 0.2) is 24.3 Å². The number of hydrogen-bond donors (Lipinski definition) is 2. The van der Waals surface area contributed by atoms with E-state index in [0.29, 0.717) is 37.2 Å². The molecule has 152 valence electrons. The molecule has 1 saturated carbocycles. The van der Waals surface area contributed by atoms with Gasteiger partial charge in [0.2, 0.25) is 5.91 Å². The van der Waals surface area contributed by atoms with Gasteiger partial charge in [0, 0.05) is 12.0 Å². The lowest BCUT2D eigenvalue weighted by Crippen LogP contribution is -2.52. The molecule has 4 amide bonds. The number of hydrogen-bond acceptors (Lipinski definition) is 5. The van der Waals surface area contributed by atoms with Crippen LogP contribution in [0.5, 0.6) is 5.75 Å². The van der Waals surface area contributed by atoms with E-state index in [1.54, 1.807) is 24.3 Å². The van der Waals surface area contributed by atoms with Gasteiger partial charge in [0.25, 0.3) is 5.91 Å². The highest BCUT2D eigenvalue weighted by molar-refractivity contribution is 6.09. The number of nitriles is 1. The molecule has 8 heteroatoms. The zero-order chi connectivity index (χ0) is 20.5. The van der Waals surface area contributed by atoms with E-state index in [2.05, 4.69) is 16.7 Å². The molecule has 1 saturated heterocycles. The number of rotatable bonds is 3. The first-order valence-corrected chi connectivity index (χ1v) is 10.1. The SMILES string of the molecule is N#CC1(NC(=O)CN2C(=O)NC3(CCOc4ccccc43)C2=O)CCCCCC1. The van der Waals surface area contributed by atoms with Gasteiger partial charge in [-0.15, -0.1) is 0 Å². The standard InChI is InChI=1S/C21H24N4O4/c22-14-20(9-5-1-2-6-10-20)23-17(26)13-25-18(27)21(24-19(25)28)11-12-29-16-8-4-3-7-15(16)21/h3-4,7-8H,1-2,5-6,9-13H2,(H,23,26)(H,24,28). The highest BCUT2D eigenvalue weighted by atomic mass is 16.5. The quantitative estimate of drug-likeness (QED) is 0.599. The van der Waals surface area contributed by atoms with E-state index in [9.17, 15) is 19.6 Å². The summed E-state index contributed by atoms with van der Waals surface area (Å²) in [4.78, 5) is 39.5. The summed E-state index contributed by atoms with van der Waals surface area (Å²) in [6.07, 6.45) is 5.29. The molecular formula is C21H24N4O4. The molecule has 1 aromatic carbocycles. The van der Waals surface area contributed by atoms with E-state index >= 15 is 0 Å². The van der Waals surface area contributed by atoms with Crippen molar-refractivity contribution in [2.45, 2.75) is 56.0 Å². The van der Waals surface area contributed by atoms with Crippen molar-refractivity contribution in [1.29, 1.82) is 5.26 Å². The van der Waals surface area contributed by atoms with Crippen LogP contribution in [0, 0.1) is 11.3 Å². The number of para-hydroxylation sites is 1. The number of amides is 4. The van der Waals surface area contributed by atoms with E-state index in [1.165, 1.54) is 0 Å². The topological polar surface area (TPSA) is 112 Å². The molecule has 2 N–H and O–H groups in total. The lowest BCUT2D eigenvalue weighted by Gasteiger charge is -2.33. The Hall–Kier alpha value is -3.08. The summed E-state index contributed by atoms with van der Waals surface area (Å²) in [7, 11) is 0. The molecular weight excluding hydrogens is 372 g/mol. The Kier molecular flexibility index (Phi) is 4.91. The van der Waals surface area contributed by atoms with E-state index in [1.807, 2.05) is 0 Å². The summed E-state index contributed by atoms with van der Waals surface area (Å²) in [6.45, 7) is -0.112. The van der Waals surface area contributed by atoms with Crippen LogP contribution >= 0.6 is 0 Å². The predicted octanol–water partition coefficient (Wildman–Crippen LogP) is 1.95. The maximum atomic E-state index is 13.2. The Labute approximate surface area is 169 Å². The highest BCUT2D eigenvalue weighted by Gasteiger charge is 2.55. The van der Waals surface area contributed by atoms with E-state index in [-0.39, 0.29) is 0 Å². The van der Waals surface area contributed by atoms with Gasteiger partial charge in [-0.2, -0.15) is 5.26 Å². The van der Waals surface area contributed by atoms with Gasteiger partial charge in [-0.3, -0.25) is 14.5 Å². The van der Waals surface area contributed by atoms with Crippen LogP contribution in [0.3, 0.4) is 0 Å². The minimum atomic E-state index is -1.21. The minimum absolute atomic E-state index is 0.292. The number of fused-ring (bicyclic) bond motifs is 2. The molecule has 1 unspecified atom stereocenters. The van der Waals surface area contributed by atoms with Crippen LogP contribution in [0.1, 0.15) is 50.5 Å². The van der Waals surface area contributed by atoms with Gasteiger partial charge in [0.05, 0.1) is 12.7 Å². The van der Waals surface area contributed by atoms with Crippen LogP contribution in [-0.4, -0.2) is 41.4 Å². The average Bonchev–Trinajstić information content (AvgIpc) is 2.89. The number of ether oxygens (including phenoxy) is 1. The number of nitrogens with one attached hydrogen (secondary N) is 2. The fourth-order valence-electron chi connectivity index (χ4n) is 4.56. The third kappa shape index (κ3) is 3.31. The summed E-state index contributed by atoms with van der Waals surface area (Å²) in [5.41, 5.74) is -1.53. The molecule has 1 aliphatic carbocycles. The Morgan fingerprint density at radius 2 is 1.90 bits per heavy atom. The molecule has 1 spiro atoms. The summed E-state index contributed by atoms with van der Waals surface area (Å²) in [5.74, 6) is -0.393. The molecule has 0 aromatic heterocycles. The fourth-order valence-corrected chi connectivity index (χ4v) is 4.56. The number of benzene rings is 1. The molecule has 3 aliphatic rings. The largest absolute Gasteiger partial charge is 0.493 e. The Morgan fingerprint density at radius 1 is 1.17 bits per heavy atom. The zero-order valence-corrected chi connectivity index (χ0v) is 16.2. The molecule has 0 bridgehead atoms. The van der Waals surface area contributed by atoms with Crippen LogP contribution in [-0.2, 0) is 15.1 Å². The molecule has 1 aromatic rings. The number of imide groups is 1. The number of carbonyl (C=O) groups excluding carboxylic acids is 3. The first-order valence-electron chi connectivity index (χ1n) is 10.1. The zero-order valence-electron chi connectivity index (χ0n) is 16.2. The number of carbonyl (C=O) groups is 3. The van der Waals surface area contributed by atoms with Crippen LogP contribution in [0.2, 0.25) is 0 Å². The molecule has 29 heavy (non-hydrogen) atoms. The first kappa shape index (κ1) is 19.2. The number of nitrogens with zero attached hydrogens (tertiary/aromatic N) is 2. The Bertz CT molecular complexity index is 885. The van der Waals surface area contributed by atoms with Gasteiger partial charge in [-0.05, 0) is 18.9 Å². The molecule has 8 nitrogen and oxygen atoms in total. The maximum absolute atomic E-state index is 13.2. The van der Waals surface area contributed by atoms with Crippen molar-refractivity contribution in [2.75, 3.05) is 13.2 Å². The van der Waals surface area contributed by atoms with Crippen molar-refractivity contribution < 1.29 is 19.1 Å². The van der Waals surface area contributed by atoms with Gasteiger partial charge < -0.3 is 15.4 Å². The second-order valence-corrected chi connectivity index (χ2v) is 7.98. The van der Waals surface area contributed by atoms with Crippen LogP contribution in [0.25, 0.3) is 0 Å². The second-order valence-electron chi connectivity index (χ2n) is 7.98. The smallest absolute Gasteiger partial charge is 0.325 e. The normalized spacial score (nSPS) is 25.4. The van der Waals surface area contributed by atoms with Gasteiger partial charge in [0.15, 0.2) is 5.54 Å². The minimum Gasteiger partial charge on any atom is -0.493 e. The van der Waals surface area contributed by atoms with Gasteiger partial charge in [0.1, 0.15) is 17.8 Å². The highest BCUT2D eigenvalue weighted by Crippen LogP contribution is 2.40. The lowest BCUT2D eigenvalue weighted by molar-refractivity contribution is -0.136. The molecule has 2 heterocycles. The van der Waals surface area contributed by atoms with Crippen LogP contribution in [0.4, 0.5) is 4.79 Å². The average molecular weight is 396 g/mol. The summed E-state index contributed by atoms with van der Waals surface area (Å²) in [5, 5.41) is 15.2. The summed E-state index contributed by atoms with van der Waals surface area (Å²) >= 11 is 0. The monoisotopic (exact) mass is 396 g/mol. The number of urea groups is 1. The predicted molar refractivity (Wildman–Crippen MR) is 103 cm³/mol. The van der Waals surface area contributed by atoms with Crippen molar-refractivity contribution in [3.05, 3.63) is 29.8 Å². The first-order chi connectivity index (χ1) is 14.0. The van der Waals surface area contributed by atoms with Gasteiger partial charge in [-0.1, -0.05) is 43.9 Å². The maximum Gasteiger partial charge on any atom is 0.325 e. The Morgan fingerprint density at radius 3 is 2.62 bits per heavy atom. The second kappa shape index (κ2) is 7.39. The summed E-state index contributed by atoms with van der Waals surface area (Å²) in [6, 6.07) is 8.75. The van der Waals surface area contributed by atoms with Crippen LogP contribution < -0.4 is 15.4 Å². The molecule has 4 rings (SSSR count). The van der Waals surface area contributed by atoms with Crippen molar-refractivity contribution in [2.24, 2.45) is 0 Å². The third-order valence-corrected chi connectivity index (χ3v) is 6.11. The summed E-state index contributed by atoms with van der Waals surface area (Å²) < 4.78 is 5.61.